The number of benzene rings is 1. The molecular weight excluding hydrogens is 332 g/mol. The van der Waals surface area contributed by atoms with Gasteiger partial charge >= 0.3 is 11.9 Å². The van der Waals surface area contributed by atoms with Crippen molar-refractivity contribution >= 4 is 22.7 Å². The fourth-order valence-corrected chi connectivity index (χ4v) is 5.18. The first-order valence-electron chi connectivity index (χ1n) is 7.96. The minimum absolute atomic E-state index is 0.198. The molecule has 0 bridgehead atoms. The quantitative estimate of drug-likeness (QED) is 0.723. The first-order valence-corrected chi connectivity index (χ1v) is 9.11. The number of carbonyl (C=O) groups is 2. The van der Waals surface area contributed by atoms with E-state index in [0.29, 0.717) is 11.5 Å². The summed E-state index contributed by atoms with van der Waals surface area (Å²) in [5.74, 6) is -2.55. The Balaban J connectivity index is 1.97. The molecule has 1 saturated carbocycles. The van der Waals surface area contributed by atoms with Gasteiger partial charge in [0.1, 0.15) is 0 Å². The predicted octanol–water partition coefficient (Wildman–Crippen LogP) is 1.57. The van der Waals surface area contributed by atoms with Gasteiger partial charge in [-0.1, -0.05) is 17.7 Å². The summed E-state index contributed by atoms with van der Waals surface area (Å²) in [4.78, 5) is 25.3. The fourth-order valence-electron chi connectivity index (χ4n) is 3.31. The van der Waals surface area contributed by atoms with Crippen LogP contribution in [0.3, 0.4) is 0 Å². The molecule has 2 fully saturated rings. The molecule has 3 rings (SSSR count). The lowest BCUT2D eigenvalue weighted by Gasteiger charge is -2.15. The van der Waals surface area contributed by atoms with Gasteiger partial charge in [0, 0.05) is 11.5 Å². The molecular formula is C17H20O6S. The lowest BCUT2D eigenvalue weighted by molar-refractivity contribution is -0.175. The van der Waals surface area contributed by atoms with E-state index in [4.69, 9.17) is 14.2 Å². The molecule has 1 unspecified atom stereocenters. The molecule has 1 aliphatic carbocycles. The first-order chi connectivity index (χ1) is 11.5. The molecule has 130 valence electrons. The van der Waals surface area contributed by atoms with Crippen molar-refractivity contribution in [2.45, 2.75) is 36.7 Å². The Hall–Kier alpha value is -1.73. The average molecular weight is 352 g/mol. The number of cyclic esters (lactones) is 1. The minimum atomic E-state index is -1.72. The molecule has 1 aliphatic heterocycles. The van der Waals surface area contributed by atoms with Gasteiger partial charge in [-0.25, -0.2) is 0 Å². The minimum Gasteiger partial charge on any atom is -0.466 e. The zero-order chi connectivity index (χ0) is 17.5. The highest BCUT2D eigenvalue weighted by Gasteiger charge is 2.85. The van der Waals surface area contributed by atoms with Crippen molar-refractivity contribution in [3.05, 3.63) is 29.8 Å². The lowest BCUT2D eigenvalue weighted by atomic mass is 10.2. The molecule has 5 atom stereocenters. The fraction of sp³-hybridized carbons (Fsp3) is 0.529. The van der Waals surface area contributed by atoms with Crippen molar-refractivity contribution in [2.24, 2.45) is 11.8 Å². The molecule has 1 saturated heterocycles. The van der Waals surface area contributed by atoms with Gasteiger partial charge in [-0.05, 0) is 32.9 Å². The zero-order valence-electron chi connectivity index (χ0n) is 13.8. The van der Waals surface area contributed by atoms with Gasteiger partial charge in [0.05, 0.1) is 29.2 Å². The Morgan fingerprint density at radius 1 is 1.25 bits per heavy atom. The predicted molar refractivity (Wildman–Crippen MR) is 85.4 cm³/mol. The van der Waals surface area contributed by atoms with Crippen LogP contribution in [-0.4, -0.2) is 40.4 Å². The summed E-state index contributed by atoms with van der Waals surface area (Å²) in [6.07, 6.45) is -0.855. The van der Waals surface area contributed by atoms with Gasteiger partial charge in [0.2, 0.25) is 6.29 Å². The van der Waals surface area contributed by atoms with E-state index >= 15 is 0 Å². The maximum Gasteiger partial charge on any atom is 0.329 e. The molecule has 1 aromatic rings. The monoisotopic (exact) mass is 352 g/mol. The van der Waals surface area contributed by atoms with Gasteiger partial charge in [-0.15, -0.1) is 0 Å². The van der Waals surface area contributed by atoms with Gasteiger partial charge in [-0.3, -0.25) is 13.8 Å². The number of hydrogen-bond donors (Lipinski definition) is 0. The number of aryl methyl sites for hydroxylation is 1. The van der Waals surface area contributed by atoms with E-state index in [1.807, 2.05) is 19.1 Å². The van der Waals surface area contributed by atoms with Gasteiger partial charge < -0.3 is 14.2 Å². The lowest BCUT2D eigenvalue weighted by Crippen LogP contribution is -2.33. The number of hydrogen-bond acceptors (Lipinski definition) is 6. The van der Waals surface area contributed by atoms with Crippen LogP contribution in [0.25, 0.3) is 0 Å². The highest BCUT2D eigenvalue weighted by molar-refractivity contribution is 7.87. The summed E-state index contributed by atoms with van der Waals surface area (Å²) < 4.78 is 27.5. The number of fused-ring (bicyclic) bond motifs is 1. The molecule has 6 nitrogen and oxygen atoms in total. The standard InChI is InChI=1S/C17H20O6S/c1-4-21-14(18)12-13-15(22-5-2)23-16(19)17(12,13)24(20)11-8-6-10(3)7-9-11/h6-9,12-13,15H,4-5H2,1-3H3/t12-,13-,15-,17+,24?/m0/s1. The summed E-state index contributed by atoms with van der Waals surface area (Å²) in [5.41, 5.74) is 1.02. The third-order valence-corrected chi connectivity index (χ3v) is 6.46. The smallest absolute Gasteiger partial charge is 0.329 e. The third-order valence-electron chi connectivity index (χ3n) is 4.46. The summed E-state index contributed by atoms with van der Waals surface area (Å²) >= 11 is 0. The average Bonchev–Trinajstić information content (AvgIpc) is 3.18. The number of esters is 2. The van der Waals surface area contributed by atoms with Gasteiger partial charge in [0.15, 0.2) is 4.75 Å². The molecule has 0 radical (unpaired) electrons. The molecule has 1 aromatic carbocycles. The second kappa shape index (κ2) is 6.29. The van der Waals surface area contributed by atoms with Crippen LogP contribution < -0.4 is 0 Å². The Morgan fingerprint density at radius 2 is 1.92 bits per heavy atom. The third kappa shape index (κ3) is 2.38. The van der Waals surface area contributed by atoms with E-state index in [-0.39, 0.29) is 6.61 Å². The van der Waals surface area contributed by atoms with Gasteiger partial charge in [0.25, 0.3) is 0 Å². The van der Waals surface area contributed by atoms with Crippen molar-refractivity contribution in [3.63, 3.8) is 0 Å². The van der Waals surface area contributed by atoms with Crippen molar-refractivity contribution in [1.82, 2.24) is 0 Å². The molecule has 1 heterocycles. The van der Waals surface area contributed by atoms with Crippen molar-refractivity contribution < 1.29 is 28.0 Å². The zero-order valence-corrected chi connectivity index (χ0v) is 14.6. The van der Waals surface area contributed by atoms with E-state index < -0.39 is 45.6 Å². The summed E-state index contributed by atoms with van der Waals surface area (Å²) in [7, 11) is -1.72. The number of rotatable bonds is 6. The second-order valence-corrected chi connectivity index (χ2v) is 7.54. The molecule has 0 spiro atoms. The topological polar surface area (TPSA) is 78.9 Å². The maximum atomic E-state index is 13.1. The Morgan fingerprint density at radius 3 is 2.50 bits per heavy atom. The van der Waals surface area contributed by atoms with Gasteiger partial charge in [-0.2, -0.15) is 0 Å². The summed E-state index contributed by atoms with van der Waals surface area (Å²) in [6, 6.07) is 7.06. The Kier molecular flexibility index (Phi) is 4.48. The number of ether oxygens (including phenoxy) is 3. The van der Waals surface area contributed by atoms with Crippen LogP contribution in [-0.2, 0) is 34.6 Å². The van der Waals surface area contributed by atoms with Crippen LogP contribution in [0.4, 0.5) is 0 Å². The normalized spacial score (nSPS) is 32.0. The highest BCUT2D eigenvalue weighted by atomic mass is 32.2. The Labute approximate surface area is 142 Å². The second-order valence-electron chi connectivity index (χ2n) is 5.86. The molecule has 0 N–H and O–H groups in total. The largest absolute Gasteiger partial charge is 0.466 e. The van der Waals surface area contributed by atoms with E-state index in [9.17, 15) is 13.8 Å². The molecule has 24 heavy (non-hydrogen) atoms. The Bertz CT molecular complexity index is 685. The van der Waals surface area contributed by atoms with Crippen molar-refractivity contribution in [1.29, 1.82) is 0 Å². The van der Waals surface area contributed by atoms with Crippen LogP contribution >= 0.6 is 0 Å². The molecule has 7 heteroatoms. The van der Waals surface area contributed by atoms with E-state index in [0.717, 1.165) is 5.56 Å². The van der Waals surface area contributed by atoms with Crippen LogP contribution in [0.2, 0.25) is 0 Å². The highest BCUT2D eigenvalue weighted by Crippen LogP contribution is 2.64. The van der Waals surface area contributed by atoms with E-state index in [1.54, 1.807) is 26.0 Å². The van der Waals surface area contributed by atoms with Crippen LogP contribution in [0.5, 0.6) is 0 Å². The molecule has 0 aromatic heterocycles. The molecule has 0 amide bonds. The number of carbonyl (C=O) groups excluding carboxylic acids is 2. The van der Waals surface area contributed by atoms with Crippen molar-refractivity contribution in [2.75, 3.05) is 13.2 Å². The first kappa shape index (κ1) is 17.1. The summed E-state index contributed by atoms with van der Waals surface area (Å²) in [6.45, 7) is 5.91. The maximum absolute atomic E-state index is 13.1. The van der Waals surface area contributed by atoms with E-state index in [1.165, 1.54) is 0 Å². The summed E-state index contributed by atoms with van der Waals surface area (Å²) in [5, 5.41) is 0. The van der Waals surface area contributed by atoms with Crippen LogP contribution in [0, 0.1) is 18.8 Å². The van der Waals surface area contributed by atoms with E-state index in [2.05, 4.69) is 0 Å². The van der Waals surface area contributed by atoms with Crippen LogP contribution in [0.15, 0.2) is 29.2 Å². The van der Waals surface area contributed by atoms with Crippen LogP contribution in [0.1, 0.15) is 19.4 Å². The van der Waals surface area contributed by atoms with Crippen molar-refractivity contribution in [3.8, 4) is 0 Å². The molecule has 2 aliphatic rings. The SMILES string of the molecule is CCOC(=O)[C@@H]1[C@H]2[C@@H](OCC)OC(=O)[C@]21S(=O)c1ccc(C)cc1.